The molecule has 33 heavy (non-hydrogen) atoms. The molecule has 0 saturated carbocycles. The number of nitrogens with zero attached hydrogens (tertiary/aromatic N) is 2. The number of rotatable bonds is 6. The highest BCUT2D eigenvalue weighted by Gasteiger charge is 2.34. The normalized spacial score (nSPS) is 15.7. The van der Waals surface area contributed by atoms with Gasteiger partial charge in [-0.15, -0.1) is 0 Å². The second-order valence-corrected chi connectivity index (χ2v) is 8.51. The van der Waals surface area contributed by atoms with Crippen LogP contribution in [0.4, 0.5) is 4.39 Å². The van der Waals surface area contributed by atoms with Gasteiger partial charge >= 0.3 is 0 Å². The number of fused-ring (bicyclic) bond motifs is 1. The van der Waals surface area contributed by atoms with E-state index in [9.17, 15) is 23.9 Å². The summed E-state index contributed by atoms with van der Waals surface area (Å²) in [5, 5.41) is 13.2. The maximum Gasteiger partial charge on any atom is 0.243 e. The van der Waals surface area contributed by atoms with Crippen molar-refractivity contribution >= 4 is 40.1 Å². The van der Waals surface area contributed by atoms with Crippen molar-refractivity contribution in [2.45, 2.75) is 38.9 Å². The number of hydrogen-bond donors (Lipinski definition) is 2. The Morgan fingerprint density at radius 3 is 2.79 bits per heavy atom. The molecule has 1 aromatic heterocycles. The van der Waals surface area contributed by atoms with Crippen LogP contribution in [0.5, 0.6) is 5.75 Å². The van der Waals surface area contributed by atoms with Gasteiger partial charge in [-0.2, -0.15) is 0 Å². The van der Waals surface area contributed by atoms with Crippen LogP contribution < -0.4 is 5.32 Å². The van der Waals surface area contributed by atoms with Crippen LogP contribution in [0.15, 0.2) is 42.6 Å². The molecule has 1 saturated heterocycles. The van der Waals surface area contributed by atoms with Gasteiger partial charge in [0.2, 0.25) is 11.8 Å². The van der Waals surface area contributed by atoms with Crippen LogP contribution in [0.1, 0.15) is 35.7 Å². The van der Waals surface area contributed by atoms with Gasteiger partial charge in [0.25, 0.3) is 0 Å². The first-order chi connectivity index (χ1) is 15.8. The van der Waals surface area contributed by atoms with Crippen LogP contribution in [0.2, 0.25) is 5.02 Å². The number of carbonyl (C=O) groups excluding carboxylic acids is 3. The van der Waals surface area contributed by atoms with Crippen molar-refractivity contribution in [2.75, 3.05) is 6.54 Å². The number of carbonyl (C=O) groups is 3. The van der Waals surface area contributed by atoms with E-state index in [2.05, 4.69) is 5.32 Å². The highest BCUT2D eigenvalue weighted by molar-refractivity contribution is 6.30. The first kappa shape index (κ1) is 22.8. The lowest BCUT2D eigenvalue weighted by Gasteiger charge is -2.24. The molecule has 4 rings (SSSR count). The van der Waals surface area contributed by atoms with Crippen LogP contribution in [0, 0.1) is 5.82 Å². The third-order valence-corrected chi connectivity index (χ3v) is 6.20. The zero-order chi connectivity index (χ0) is 23.7. The third kappa shape index (κ3) is 4.57. The molecule has 172 valence electrons. The predicted octanol–water partition coefficient (Wildman–Crippen LogP) is 3.65. The molecule has 0 aliphatic carbocycles. The molecule has 1 aliphatic rings. The minimum Gasteiger partial charge on any atom is -0.508 e. The Bertz CT molecular complexity index is 1260. The van der Waals surface area contributed by atoms with Crippen LogP contribution in [0.3, 0.4) is 0 Å². The molecule has 2 heterocycles. The van der Waals surface area contributed by atoms with Gasteiger partial charge in [-0.05, 0) is 38.0 Å². The van der Waals surface area contributed by atoms with Crippen molar-refractivity contribution in [1.29, 1.82) is 0 Å². The zero-order valence-corrected chi connectivity index (χ0v) is 18.7. The summed E-state index contributed by atoms with van der Waals surface area (Å²) in [4.78, 5) is 39.4. The minimum atomic E-state index is -0.665. The number of aromatic nitrogens is 1. The molecule has 1 fully saturated rings. The van der Waals surface area contributed by atoms with Gasteiger partial charge in [0.1, 0.15) is 24.2 Å². The topological polar surface area (TPSA) is 91.6 Å². The van der Waals surface area contributed by atoms with Crippen molar-refractivity contribution in [1.82, 2.24) is 14.8 Å². The Kier molecular flexibility index (Phi) is 6.37. The van der Waals surface area contributed by atoms with Crippen molar-refractivity contribution in [3.8, 4) is 5.75 Å². The number of aromatic hydroxyl groups is 1. The Labute approximate surface area is 194 Å². The SMILES string of the molecule is CC(=O)c1cn(CC(=O)N2CCC[C@H]2C(=O)NCc2cccc(Cl)c2F)c2cc(O)ccc12. The van der Waals surface area contributed by atoms with Gasteiger partial charge < -0.3 is 19.9 Å². The summed E-state index contributed by atoms with van der Waals surface area (Å²) in [6.07, 6.45) is 2.76. The van der Waals surface area contributed by atoms with Gasteiger partial charge in [-0.25, -0.2) is 4.39 Å². The van der Waals surface area contributed by atoms with E-state index >= 15 is 0 Å². The van der Waals surface area contributed by atoms with E-state index in [1.807, 2.05) is 0 Å². The van der Waals surface area contributed by atoms with Crippen molar-refractivity contribution in [3.05, 3.63) is 64.6 Å². The lowest BCUT2D eigenvalue weighted by molar-refractivity contribution is -0.138. The molecule has 3 aromatic rings. The molecule has 1 aliphatic heterocycles. The highest BCUT2D eigenvalue weighted by Crippen LogP contribution is 2.27. The van der Waals surface area contributed by atoms with E-state index in [0.717, 1.165) is 0 Å². The molecular weight excluding hydrogens is 449 g/mol. The summed E-state index contributed by atoms with van der Waals surface area (Å²) < 4.78 is 15.7. The third-order valence-electron chi connectivity index (χ3n) is 5.91. The number of hydrogen-bond acceptors (Lipinski definition) is 4. The fraction of sp³-hybridized carbons (Fsp3) is 0.292. The predicted molar refractivity (Wildman–Crippen MR) is 122 cm³/mol. The average molecular weight is 472 g/mol. The molecule has 2 aromatic carbocycles. The van der Waals surface area contributed by atoms with Crippen LogP contribution in [0.25, 0.3) is 10.9 Å². The summed E-state index contributed by atoms with van der Waals surface area (Å²) in [7, 11) is 0. The van der Waals surface area contributed by atoms with E-state index in [1.165, 1.54) is 36.1 Å². The molecule has 0 bridgehead atoms. The average Bonchev–Trinajstić information content (AvgIpc) is 3.40. The lowest BCUT2D eigenvalue weighted by Crippen LogP contribution is -2.46. The van der Waals surface area contributed by atoms with Gasteiger partial charge in [0.15, 0.2) is 5.78 Å². The number of halogens is 2. The summed E-state index contributed by atoms with van der Waals surface area (Å²) in [5.41, 5.74) is 1.28. The quantitative estimate of drug-likeness (QED) is 0.537. The van der Waals surface area contributed by atoms with Crippen LogP contribution in [-0.4, -0.2) is 44.8 Å². The Hall–Kier alpha value is -3.39. The number of Topliss-reactive ketones (excluding diaryl/α,β-unsaturated/α-hetero) is 1. The summed E-state index contributed by atoms with van der Waals surface area (Å²) in [5.74, 6) is -1.35. The molecule has 2 N–H and O–H groups in total. The fourth-order valence-electron chi connectivity index (χ4n) is 4.25. The Morgan fingerprint density at radius 1 is 1.24 bits per heavy atom. The molecule has 9 heteroatoms. The largest absolute Gasteiger partial charge is 0.508 e. The number of benzene rings is 2. The number of phenols is 1. The van der Waals surface area contributed by atoms with Gasteiger partial charge in [0.05, 0.1) is 10.5 Å². The molecule has 2 amide bonds. The summed E-state index contributed by atoms with van der Waals surface area (Å²) >= 11 is 5.79. The van der Waals surface area contributed by atoms with E-state index in [1.54, 1.807) is 22.9 Å². The van der Waals surface area contributed by atoms with E-state index in [0.29, 0.717) is 35.9 Å². The first-order valence-corrected chi connectivity index (χ1v) is 11.0. The first-order valence-electron chi connectivity index (χ1n) is 10.6. The number of nitrogens with one attached hydrogen (secondary N) is 1. The zero-order valence-electron chi connectivity index (χ0n) is 18.0. The second kappa shape index (κ2) is 9.23. The molecule has 0 unspecified atom stereocenters. The van der Waals surface area contributed by atoms with Gasteiger partial charge in [0, 0.05) is 41.9 Å². The minimum absolute atomic E-state index is 0.0191. The molecular formula is C24H23ClFN3O4. The van der Waals surface area contributed by atoms with Gasteiger partial charge in [-0.3, -0.25) is 14.4 Å². The highest BCUT2D eigenvalue weighted by atomic mass is 35.5. The molecule has 0 radical (unpaired) electrons. The van der Waals surface area contributed by atoms with Crippen molar-refractivity contribution in [3.63, 3.8) is 0 Å². The molecule has 7 nitrogen and oxygen atoms in total. The maximum atomic E-state index is 14.1. The second-order valence-electron chi connectivity index (χ2n) is 8.10. The van der Waals surface area contributed by atoms with Crippen LogP contribution in [-0.2, 0) is 22.7 Å². The van der Waals surface area contributed by atoms with Gasteiger partial charge in [-0.1, -0.05) is 23.7 Å². The summed E-state index contributed by atoms with van der Waals surface area (Å²) in [6, 6.07) is 8.55. The number of likely N-dealkylation sites (tertiary alicyclic amines) is 1. The monoisotopic (exact) mass is 471 g/mol. The molecule has 0 spiro atoms. The standard InChI is InChI=1S/C24H23ClFN3O4/c1-14(30)18-12-28(21-10-16(31)7-8-17(18)21)13-22(32)29-9-3-6-20(29)24(33)27-11-15-4-2-5-19(25)23(15)26/h2,4-5,7-8,10,12,20,31H,3,6,9,11,13H2,1H3,(H,27,33)/t20-/m0/s1. The van der Waals surface area contributed by atoms with Crippen molar-refractivity contribution in [2.24, 2.45) is 0 Å². The smallest absolute Gasteiger partial charge is 0.243 e. The summed E-state index contributed by atoms with van der Waals surface area (Å²) in [6.45, 7) is 1.75. The van der Waals surface area contributed by atoms with Crippen LogP contribution >= 0.6 is 11.6 Å². The fourth-order valence-corrected chi connectivity index (χ4v) is 4.45. The van der Waals surface area contributed by atoms with E-state index < -0.39 is 11.9 Å². The maximum absolute atomic E-state index is 14.1. The molecule has 1 atom stereocenters. The van der Waals surface area contributed by atoms with E-state index in [-0.39, 0.29) is 47.0 Å². The lowest BCUT2D eigenvalue weighted by atomic mass is 10.1. The van der Waals surface area contributed by atoms with E-state index in [4.69, 9.17) is 11.6 Å². The number of amides is 2. The Balaban J connectivity index is 1.49. The van der Waals surface area contributed by atoms with Crippen molar-refractivity contribution < 1.29 is 23.9 Å². The number of phenolic OH excluding ortho intramolecular Hbond substituents is 1. The number of ketones is 1. The Morgan fingerprint density at radius 2 is 2.03 bits per heavy atom.